The summed E-state index contributed by atoms with van der Waals surface area (Å²) in [5, 5.41) is 8.55. The summed E-state index contributed by atoms with van der Waals surface area (Å²) in [6.45, 7) is 0. The van der Waals surface area contributed by atoms with Crippen molar-refractivity contribution in [3.63, 3.8) is 0 Å². The van der Waals surface area contributed by atoms with Gasteiger partial charge in [-0.05, 0) is 36.4 Å². The van der Waals surface area contributed by atoms with E-state index in [4.69, 9.17) is 0 Å². The van der Waals surface area contributed by atoms with Gasteiger partial charge in [0.25, 0.3) is 0 Å². The van der Waals surface area contributed by atoms with Crippen LogP contribution in [0.1, 0.15) is 0 Å². The molecular weight excluding hydrogens is 514 g/mol. The second kappa shape index (κ2) is 8.08. The highest BCUT2D eigenvalue weighted by Crippen LogP contribution is 2.35. The van der Waals surface area contributed by atoms with Crippen molar-refractivity contribution >= 4 is 41.7 Å². The molecule has 2 N–H and O–H groups in total. The van der Waals surface area contributed by atoms with Crippen LogP contribution in [-0.4, -0.2) is 63.5 Å². The van der Waals surface area contributed by atoms with Crippen molar-refractivity contribution in [1.29, 1.82) is 0 Å². The van der Waals surface area contributed by atoms with E-state index < -0.39 is 25.0 Å². The zero-order chi connectivity index (χ0) is 25.9. The lowest BCUT2D eigenvalue weighted by Crippen LogP contribution is -2.17. The summed E-state index contributed by atoms with van der Waals surface area (Å²) in [5.41, 5.74) is 5.18. The second-order valence-electron chi connectivity index (χ2n) is 8.60. The van der Waals surface area contributed by atoms with Gasteiger partial charge in [0.1, 0.15) is 5.69 Å². The maximum absolute atomic E-state index is 12.5. The van der Waals surface area contributed by atoms with Gasteiger partial charge in [0.2, 0.25) is 25.0 Å². The van der Waals surface area contributed by atoms with E-state index >= 15 is 0 Å². The molecule has 0 unspecified atom stereocenters. The molecule has 0 radical (unpaired) electrons. The molecule has 0 fully saturated rings. The van der Waals surface area contributed by atoms with Gasteiger partial charge in [0.15, 0.2) is 0 Å². The van der Waals surface area contributed by atoms with Crippen molar-refractivity contribution in [2.75, 3.05) is 12.5 Å². The smallest absolute Gasteiger partial charge is 0.241 e. The van der Waals surface area contributed by atoms with E-state index in [9.17, 15) is 16.8 Å². The molecule has 0 spiro atoms. The van der Waals surface area contributed by atoms with Gasteiger partial charge in [-0.2, -0.15) is 5.10 Å². The Hall–Kier alpha value is -4.36. The maximum atomic E-state index is 12.5. The number of benzene rings is 1. The van der Waals surface area contributed by atoms with Crippen molar-refractivity contribution in [3.05, 3.63) is 67.3 Å². The first-order valence-electron chi connectivity index (χ1n) is 11.0. The van der Waals surface area contributed by atoms with E-state index in [-0.39, 0.29) is 5.69 Å². The molecule has 5 heterocycles. The highest BCUT2D eigenvalue weighted by molar-refractivity contribution is 7.92. The number of pyridine rings is 2. The van der Waals surface area contributed by atoms with E-state index in [1.165, 1.54) is 6.20 Å². The van der Waals surface area contributed by atoms with Crippen LogP contribution in [0.25, 0.3) is 55.7 Å². The minimum absolute atomic E-state index is 0.136. The summed E-state index contributed by atoms with van der Waals surface area (Å²) in [6.07, 6.45) is 8.27. The van der Waals surface area contributed by atoms with Gasteiger partial charge in [-0.3, -0.25) is 15.1 Å². The SMILES string of the molecule is CS(=O)(=O)c1ncc(-c2ccc3[nH]nc(-c4cc5c(-c6cccnc6)nccc5[nH]4)c3c2)n1S(C)(=O)=O. The lowest BCUT2D eigenvalue weighted by molar-refractivity contribution is 0.574. The van der Waals surface area contributed by atoms with Crippen LogP contribution in [0, 0.1) is 0 Å². The molecule has 1 aromatic carbocycles. The maximum Gasteiger partial charge on any atom is 0.241 e. The molecular formula is C24H19N7O4S2. The molecule has 0 amide bonds. The van der Waals surface area contributed by atoms with Crippen LogP contribution in [0.3, 0.4) is 0 Å². The summed E-state index contributed by atoms with van der Waals surface area (Å²) in [4.78, 5) is 16.0. The number of H-pyrrole nitrogens is 2. The molecule has 13 heteroatoms. The Bertz CT molecular complexity index is 2040. The summed E-state index contributed by atoms with van der Waals surface area (Å²) < 4.78 is 50.2. The molecule has 6 aromatic rings. The Morgan fingerprint density at radius 2 is 1.62 bits per heavy atom. The lowest BCUT2D eigenvalue weighted by atomic mass is 10.1. The minimum atomic E-state index is -3.97. The van der Waals surface area contributed by atoms with Gasteiger partial charge in [0, 0.05) is 52.3 Å². The summed E-state index contributed by atoms with van der Waals surface area (Å²) in [7, 11) is -7.86. The van der Waals surface area contributed by atoms with Crippen molar-refractivity contribution in [2.45, 2.75) is 5.16 Å². The van der Waals surface area contributed by atoms with E-state index in [1.54, 1.807) is 36.8 Å². The standard InChI is InChI=1S/C24H19N7O4S2/c1-36(32,33)24-27-13-21(31(24)37(2,34)35)14-5-6-19-16(10-14)23(30-29-19)20-11-17-18(28-20)7-9-26-22(17)15-4-3-8-25-12-15/h3-13,28H,1-2H3,(H,29,30). The third-order valence-electron chi connectivity index (χ3n) is 5.95. The van der Waals surface area contributed by atoms with Gasteiger partial charge in [-0.1, -0.05) is 6.07 Å². The van der Waals surface area contributed by atoms with Crippen LogP contribution in [0.15, 0.2) is 72.4 Å². The van der Waals surface area contributed by atoms with Crippen LogP contribution >= 0.6 is 0 Å². The highest BCUT2D eigenvalue weighted by Gasteiger charge is 2.26. The molecule has 11 nitrogen and oxygen atoms in total. The number of aromatic nitrogens is 7. The predicted molar refractivity (Wildman–Crippen MR) is 139 cm³/mol. The zero-order valence-corrected chi connectivity index (χ0v) is 21.2. The lowest BCUT2D eigenvalue weighted by Gasteiger charge is -2.09. The number of aromatic amines is 2. The normalized spacial score (nSPS) is 12.5. The fraction of sp³-hybridized carbons (Fsp3) is 0.0833. The number of hydrogen-bond acceptors (Lipinski definition) is 8. The molecule has 0 aliphatic rings. The van der Waals surface area contributed by atoms with Crippen molar-refractivity contribution in [3.8, 4) is 33.9 Å². The summed E-state index contributed by atoms with van der Waals surface area (Å²) in [5.74, 6) is 0. The number of fused-ring (bicyclic) bond motifs is 2. The van der Waals surface area contributed by atoms with E-state index in [0.717, 1.165) is 49.9 Å². The van der Waals surface area contributed by atoms with Crippen LogP contribution in [-0.2, 0) is 19.9 Å². The first kappa shape index (κ1) is 23.1. The van der Waals surface area contributed by atoms with E-state index in [0.29, 0.717) is 16.6 Å². The molecule has 5 aromatic heterocycles. The second-order valence-corrected chi connectivity index (χ2v) is 12.3. The van der Waals surface area contributed by atoms with Crippen molar-refractivity contribution in [2.24, 2.45) is 0 Å². The van der Waals surface area contributed by atoms with Crippen molar-refractivity contribution in [1.82, 2.24) is 34.1 Å². The average Bonchev–Trinajstić information content (AvgIpc) is 3.59. The summed E-state index contributed by atoms with van der Waals surface area (Å²) in [6, 6.07) is 12.8. The van der Waals surface area contributed by atoms with Gasteiger partial charge in [-0.25, -0.2) is 25.8 Å². The molecule has 0 aliphatic heterocycles. The molecule has 0 saturated carbocycles. The van der Waals surface area contributed by atoms with E-state index in [1.807, 2.05) is 24.3 Å². The Balaban J connectivity index is 1.53. The average molecular weight is 534 g/mol. The Kier molecular flexibility index (Phi) is 5.04. The van der Waals surface area contributed by atoms with Gasteiger partial charge in [0.05, 0.1) is 35.1 Å². The molecule has 37 heavy (non-hydrogen) atoms. The molecule has 0 atom stereocenters. The van der Waals surface area contributed by atoms with Crippen LogP contribution < -0.4 is 0 Å². The molecule has 0 aliphatic carbocycles. The Morgan fingerprint density at radius 3 is 2.35 bits per heavy atom. The number of rotatable bonds is 5. The third kappa shape index (κ3) is 3.88. The Morgan fingerprint density at radius 1 is 0.811 bits per heavy atom. The van der Waals surface area contributed by atoms with Crippen LogP contribution in [0.2, 0.25) is 0 Å². The number of nitrogens with zero attached hydrogens (tertiary/aromatic N) is 5. The Labute approximate surface area is 211 Å². The fourth-order valence-corrected chi connectivity index (χ4v) is 6.67. The highest BCUT2D eigenvalue weighted by atomic mass is 32.2. The monoisotopic (exact) mass is 533 g/mol. The molecule has 0 saturated heterocycles. The first-order chi connectivity index (χ1) is 17.6. The van der Waals surface area contributed by atoms with Crippen LogP contribution in [0.5, 0.6) is 0 Å². The quantitative estimate of drug-likeness (QED) is 0.342. The minimum Gasteiger partial charge on any atom is -0.353 e. The number of hydrogen-bond donors (Lipinski definition) is 2. The molecule has 0 bridgehead atoms. The summed E-state index contributed by atoms with van der Waals surface area (Å²) >= 11 is 0. The zero-order valence-electron chi connectivity index (χ0n) is 19.5. The fourth-order valence-electron chi connectivity index (χ4n) is 4.38. The number of nitrogens with one attached hydrogen (secondary N) is 2. The molecule has 6 rings (SSSR count). The van der Waals surface area contributed by atoms with Crippen LogP contribution in [0.4, 0.5) is 0 Å². The van der Waals surface area contributed by atoms with Gasteiger partial charge < -0.3 is 4.98 Å². The first-order valence-corrected chi connectivity index (χ1v) is 14.7. The van der Waals surface area contributed by atoms with E-state index in [2.05, 4.69) is 30.1 Å². The number of sulfone groups is 1. The van der Waals surface area contributed by atoms with Crippen molar-refractivity contribution < 1.29 is 16.8 Å². The van der Waals surface area contributed by atoms with Gasteiger partial charge in [-0.15, -0.1) is 0 Å². The molecule has 186 valence electrons. The topological polar surface area (TPSA) is 156 Å². The number of imidazole rings is 1. The third-order valence-corrected chi connectivity index (χ3v) is 8.05. The largest absolute Gasteiger partial charge is 0.353 e. The van der Waals surface area contributed by atoms with Gasteiger partial charge >= 0.3 is 0 Å². The predicted octanol–water partition coefficient (Wildman–Crippen LogP) is 3.24.